The average Bonchev–Trinajstić information content (AvgIpc) is 3.17. The van der Waals surface area contributed by atoms with Crippen LogP contribution < -0.4 is 5.32 Å². The first kappa shape index (κ1) is 19.9. The Morgan fingerprint density at radius 1 is 1.28 bits per heavy atom. The molecule has 3 amide bonds. The molecule has 1 aromatic carbocycles. The highest BCUT2D eigenvalue weighted by atomic mass is 16.3. The van der Waals surface area contributed by atoms with E-state index in [0.29, 0.717) is 45.3 Å². The third-order valence-electron chi connectivity index (χ3n) is 6.68. The standard InChI is InChI=1S/C22H29N3O4/c1-2-25-19(15-7-4-3-5-8-15)17(26)13-22(21(25)29)11-6-12-24(14-22)20(28)16-9-10-18(27)23-16/h3-5,7-8,16-17,19,26H,2,6,9-14H2,1H3,(H,23,27)/t16-,17+,19-,22-/m0/s1. The van der Waals surface area contributed by atoms with Crippen LogP contribution in [0.4, 0.5) is 0 Å². The number of carbonyl (C=O) groups excluding carboxylic acids is 3. The van der Waals surface area contributed by atoms with E-state index in [4.69, 9.17) is 0 Å². The third kappa shape index (κ3) is 3.52. The zero-order valence-electron chi connectivity index (χ0n) is 16.8. The first-order chi connectivity index (χ1) is 13.9. The lowest BCUT2D eigenvalue weighted by atomic mass is 9.69. The van der Waals surface area contributed by atoms with Gasteiger partial charge in [-0.05, 0) is 38.2 Å². The van der Waals surface area contributed by atoms with Crippen LogP contribution in [0.2, 0.25) is 0 Å². The van der Waals surface area contributed by atoms with Crippen molar-refractivity contribution in [3.05, 3.63) is 35.9 Å². The molecule has 4 atom stereocenters. The van der Waals surface area contributed by atoms with Crippen LogP contribution in [0.1, 0.15) is 50.6 Å². The van der Waals surface area contributed by atoms with Crippen molar-refractivity contribution in [2.75, 3.05) is 19.6 Å². The van der Waals surface area contributed by atoms with E-state index in [1.54, 1.807) is 9.80 Å². The Morgan fingerprint density at radius 3 is 2.69 bits per heavy atom. The van der Waals surface area contributed by atoms with E-state index >= 15 is 0 Å². The van der Waals surface area contributed by atoms with Crippen molar-refractivity contribution in [2.45, 2.75) is 57.2 Å². The van der Waals surface area contributed by atoms with Crippen molar-refractivity contribution < 1.29 is 19.5 Å². The smallest absolute Gasteiger partial charge is 0.245 e. The monoisotopic (exact) mass is 399 g/mol. The zero-order chi connectivity index (χ0) is 20.6. The van der Waals surface area contributed by atoms with Gasteiger partial charge in [-0.1, -0.05) is 30.3 Å². The molecule has 2 N–H and O–H groups in total. The van der Waals surface area contributed by atoms with Crippen molar-refractivity contribution in [2.24, 2.45) is 5.41 Å². The molecule has 0 saturated carbocycles. The lowest BCUT2D eigenvalue weighted by Gasteiger charge is -2.52. The maximum atomic E-state index is 13.6. The molecule has 3 heterocycles. The molecule has 3 aliphatic rings. The number of benzene rings is 1. The number of hydrogen-bond acceptors (Lipinski definition) is 4. The van der Waals surface area contributed by atoms with Crippen molar-refractivity contribution >= 4 is 17.7 Å². The summed E-state index contributed by atoms with van der Waals surface area (Å²) in [4.78, 5) is 41.5. The molecule has 0 aliphatic carbocycles. The minimum absolute atomic E-state index is 0.0205. The van der Waals surface area contributed by atoms with Crippen LogP contribution in [-0.2, 0) is 14.4 Å². The fraction of sp³-hybridized carbons (Fsp3) is 0.591. The van der Waals surface area contributed by atoms with Crippen molar-refractivity contribution in [3.8, 4) is 0 Å². The van der Waals surface area contributed by atoms with Gasteiger partial charge in [-0.2, -0.15) is 0 Å². The van der Waals surface area contributed by atoms with E-state index in [2.05, 4.69) is 5.32 Å². The number of nitrogens with one attached hydrogen (secondary N) is 1. The molecule has 1 spiro atoms. The van der Waals surface area contributed by atoms with E-state index in [-0.39, 0.29) is 23.8 Å². The predicted octanol–water partition coefficient (Wildman–Crippen LogP) is 1.23. The van der Waals surface area contributed by atoms with Crippen molar-refractivity contribution in [1.29, 1.82) is 0 Å². The summed E-state index contributed by atoms with van der Waals surface area (Å²) in [5.74, 6) is -0.181. The summed E-state index contributed by atoms with van der Waals surface area (Å²) in [5, 5.41) is 13.8. The van der Waals surface area contributed by atoms with Gasteiger partial charge < -0.3 is 20.2 Å². The minimum Gasteiger partial charge on any atom is -0.391 e. The maximum absolute atomic E-state index is 13.6. The lowest BCUT2D eigenvalue weighted by molar-refractivity contribution is -0.166. The van der Waals surface area contributed by atoms with Gasteiger partial charge in [-0.25, -0.2) is 0 Å². The zero-order valence-corrected chi connectivity index (χ0v) is 16.8. The van der Waals surface area contributed by atoms with E-state index in [1.807, 2.05) is 37.3 Å². The van der Waals surface area contributed by atoms with Gasteiger partial charge >= 0.3 is 0 Å². The Balaban J connectivity index is 1.56. The molecule has 0 bridgehead atoms. The van der Waals surface area contributed by atoms with Gasteiger partial charge in [0.1, 0.15) is 6.04 Å². The quantitative estimate of drug-likeness (QED) is 0.800. The second-order valence-corrected chi connectivity index (χ2v) is 8.52. The van der Waals surface area contributed by atoms with Gasteiger partial charge in [-0.3, -0.25) is 14.4 Å². The summed E-state index contributed by atoms with van der Waals surface area (Å²) in [6.07, 6.45) is 1.93. The minimum atomic E-state index is -0.753. The summed E-state index contributed by atoms with van der Waals surface area (Å²) in [6.45, 7) is 3.33. The molecule has 0 radical (unpaired) electrons. The fourth-order valence-electron chi connectivity index (χ4n) is 5.31. The van der Waals surface area contributed by atoms with Gasteiger partial charge in [0, 0.05) is 26.1 Å². The van der Waals surface area contributed by atoms with Crippen LogP contribution in [0.3, 0.4) is 0 Å². The summed E-state index contributed by atoms with van der Waals surface area (Å²) < 4.78 is 0. The second-order valence-electron chi connectivity index (χ2n) is 8.52. The normalized spacial score (nSPS) is 32.6. The predicted molar refractivity (Wildman–Crippen MR) is 107 cm³/mol. The van der Waals surface area contributed by atoms with E-state index in [0.717, 1.165) is 12.0 Å². The Labute approximate surface area is 171 Å². The fourth-order valence-corrected chi connectivity index (χ4v) is 5.31. The number of piperidine rings is 2. The topological polar surface area (TPSA) is 90.0 Å². The Hall–Kier alpha value is -2.41. The van der Waals surface area contributed by atoms with Crippen LogP contribution in [0.25, 0.3) is 0 Å². The molecule has 1 aromatic rings. The van der Waals surface area contributed by atoms with Gasteiger partial charge in [0.15, 0.2) is 0 Å². The Kier molecular flexibility index (Phi) is 5.34. The van der Waals surface area contributed by atoms with E-state index in [1.165, 1.54) is 0 Å². The second kappa shape index (κ2) is 7.78. The Bertz CT molecular complexity index is 799. The van der Waals surface area contributed by atoms with Crippen LogP contribution >= 0.6 is 0 Å². The number of rotatable bonds is 3. The number of carbonyl (C=O) groups is 3. The van der Waals surface area contributed by atoms with E-state index < -0.39 is 17.6 Å². The molecule has 0 aromatic heterocycles. The van der Waals surface area contributed by atoms with Crippen molar-refractivity contribution in [1.82, 2.24) is 15.1 Å². The number of aliphatic hydroxyl groups is 1. The van der Waals surface area contributed by atoms with Crippen LogP contribution in [0, 0.1) is 5.41 Å². The number of hydrogen-bond donors (Lipinski definition) is 2. The van der Waals surface area contributed by atoms with Crippen LogP contribution in [-0.4, -0.2) is 64.4 Å². The summed E-state index contributed by atoms with van der Waals surface area (Å²) in [6, 6.07) is 8.80. The summed E-state index contributed by atoms with van der Waals surface area (Å²) in [7, 11) is 0. The molecule has 156 valence electrons. The van der Waals surface area contributed by atoms with Gasteiger partial charge in [0.2, 0.25) is 17.7 Å². The Morgan fingerprint density at radius 2 is 2.03 bits per heavy atom. The van der Waals surface area contributed by atoms with Crippen LogP contribution in [0.5, 0.6) is 0 Å². The largest absolute Gasteiger partial charge is 0.391 e. The molecule has 0 unspecified atom stereocenters. The number of likely N-dealkylation sites (tertiary alicyclic amines) is 2. The molecule has 3 aliphatic heterocycles. The molecule has 3 saturated heterocycles. The highest BCUT2D eigenvalue weighted by Gasteiger charge is 2.53. The molecule has 7 nitrogen and oxygen atoms in total. The van der Waals surface area contributed by atoms with Gasteiger partial charge in [0.05, 0.1) is 17.6 Å². The van der Waals surface area contributed by atoms with Gasteiger partial charge in [0.25, 0.3) is 0 Å². The number of aliphatic hydroxyl groups excluding tert-OH is 1. The molecular formula is C22H29N3O4. The maximum Gasteiger partial charge on any atom is 0.245 e. The third-order valence-corrected chi connectivity index (χ3v) is 6.68. The summed E-state index contributed by atoms with van der Waals surface area (Å²) in [5.41, 5.74) is 0.180. The van der Waals surface area contributed by atoms with Gasteiger partial charge in [-0.15, -0.1) is 0 Å². The number of likely N-dealkylation sites (N-methyl/N-ethyl adjacent to an activating group) is 1. The first-order valence-corrected chi connectivity index (χ1v) is 10.6. The number of amides is 3. The number of nitrogens with zero attached hydrogens (tertiary/aromatic N) is 2. The lowest BCUT2D eigenvalue weighted by Crippen LogP contribution is -2.62. The highest BCUT2D eigenvalue weighted by molar-refractivity contribution is 5.92. The molecule has 7 heteroatoms. The molecule has 4 rings (SSSR count). The van der Waals surface area contributed by atoms with Crippen molar-refractivity contribution in [3.63, 3.8) is 0 Å². The molecule has 3 fully saturated rings. The summed E-state index contributed by atoms with van der Waals surface area (Å²) >= 11 is 0. The molecule has 29 heavy (non-hydrogen) atoms. The first-order valence-electron chi connectivity index (χ1n) is 10.6. The highest BCUT2D eigenvalue weighted by Crippen LogP contribution is 2.45. The molecular weight excluding hydrogens is 370 g/mol. The average molecular weight is 399 g/mol. The van der Waals surface area contributed by atoms with Crippen LogP contribution in [0.15, 0.2) is 30.3 Å². The van der Waals surface area contributed by atoms with E-state index in [9.17, 15) is 19.5 Å². The SMILES string of the molecule is CCN1C(=O)[C@@]2(CCCN(C(=O)[C@@H]3CCC(=O)N3)C2)C[C@@H](O)[C@@H]1c1ccccc1.